The number of carbonyl (C=O) groups excluding carboxylic acids is 2. The molecule has 1 saturated heterocycles. The first kappa shape index (κ1) is 16.5. The fourth-order valence-electron chi connectivity index (χ4n) is 2.91. The molecule has 0 unspecified atom stereocenters. The lowest BCUT2D eigenvalue weighted by Gasteiger charge is -2.25. The van der Waals surface area contributed by atoms with E-state index in [1.807, 2.05) is 9.80 Å². The third-order valence-corrected chi connectivity index (χ3v) is 4.34. The van der Waals surface area contributed by atoms with Crippen LogP contribution < -0.4 is 0 Å². The predicted molar refractivity (Wildman–Crippen MR) is 85.4 cm³/mol. The smallest absolute Gasteiger partial charge is 0.255 e. The van der Waals surface area contributed by atoms with Crippen LogP contribution in [0.15, 0.2) is 24.5 Å². The van der Waals surface area contributed by atoms with Gasteiger partial charge in [0.25, 0.3) is 5.91 Å². The minimum atomic E-state index is 0.00457. The first-order chi connectivity index (χ1) is 10.7. The molecule has 2 rings (SSSR count). The maximum absolute atomic E-state index is 12.5. The minimum Gasteiger partial charge on any atom is -0.341 e. The average molecular weight is 303 g/mol. The highest BCUT2D eigenvalue weighted by atomic mass is 16.2. The second-order valence-electron chi connectivity index (χ2n) is 5.73. The second-order valence-corrected chi connectivity index (χ2v) is 5.73. The molecule has 5 heteroatoms. The SMILES string of the molecule is CCC(CC)C(=O)N1CCCN(C(=O)c2cccnc2)CC1. The van der Waals surface area contributed by atoms with Crippen molar-refractivity contribution in [2.45, 2.75) is 33.1 Å². The van der Waals surface area contributed by atoms with E-state index >= 15 is 0 Å². The number of aromatic nitrogens is 1. The van der Waals surface area contributed by atoms with Crippen molar-refractivity contribution in [3.63, 3.8) is 0 Å². The van der Waals surface area contributed by atoms with Gasteiger partial charge in [-0.25, -0.2) is 0 Å². The molecule has 0 N–H and O–H groups in total. The first-order valence-electron chi connectivity index (χ1n) is 8.15. The lowest BCUT2D eigenvalue weighted by atomic mass is 10.0. The predicted octanol–water partition coefficient (Wildman–Crippen LogP) is 2.19. The summed E-state index contributed by atoms with van der Waals surface area (Å²) in [6.07, 6.45) is 5.85. The Labute approximate surface area is 132 Å². The van der Waals surface area contributed by atoms with E-state index < -0.39 is 0 Å². The van der Waals surface area contributed by atoms with Gasteiger partial charge in [0.2, 0.25) is 5.91 Å². The molecule has 0 spiro atoms. The normalized spacial score (nSPS) is 15.8. The minimum absolute atomic E-state index is 0.00457. The van der Waals surface area contributed by atoms with Gasteiger partial charge in [-0.2, -0.15) is 0 Å². The van der Waals surface area contributed by atoms with Crippen LogP contribution in [-0.2, 0) is 4.79 Å². The number of rotatable bonds is 4. The van der Waals surface area contributed by atoms with E-state index in [0.29, 0.717) is 25.2 Å². The molecule has 0 saturated carbocycles. The number of nitrogens with zero attached hydrogens (tertiary/aromatic N) is 3. The number of pyridine rings is 1. The number of hydrogen-bond donors (Lipinski definition) is 0. The van der Waals surface area contributed by atoms with E-state index in [2.05, 4.69) is 18.8 Å². The molecule has 1 aromatic rings. The summed E-state index contributed by atoms with van der Waals surface area (Å²) in [5.74, 6) is 0.353. The quantitative estimate of drug-likeness (QED) is 0.857. The van der Waals surface area contributed by atoms with Crippen molar-refractivity contribution in [3.05, 3.63) is 30.1 Å². The zero-order chi connectivity index (χ0) is 15.9. The molecule has 0 radical (unpaired) electrons. The van der Waals surface area contributed by atoms with Gasteiger partial charge >= 0.3 is 0 Å². The molecular weight excluding hydrogens is 278 g/mol. The topological polar surface area (TPSA) is 53.5 Å². The van der Waals surface area contributed by atoms with Gasteiger partial charge in [0, 0.05) is 44.5 Å². The van der Waals surface area contributed by atoms with E-state index in [9.17, 15) is 9.59 Å². The Morgan fingerprint density at radius 3 is 2.45 bits per heavy atom. The molecule has 120 valence electrons. The third kappa shape index (κ3) is 3.84. The van der Waals surface area contributed by atoms with Gasteiger partial charge in [0.15, 0.2) is 0 Å². The maximum atomic E-state index is 12.5. The van der Waals surface area contributed by atoms with Crippen molar-refractivity contribution in [3.8, 4) is 0 Å². The molecule has 0 bridgehead atoms. The lowest BCUT2D eigenvalue weighted by Crippen LogP contribution is -2.39. The molecule has 1 aliphatic rings. The molecule has 5 nitrogen and oxygen atoms in total. The third-order valence-electron chi connectivity index (χ3n) is 4.34. The maximum Gasteiger partial charge on any atom is 0.255 e. The fraction of sp³-hybridized carbons (Fsp3) is 0.588. The Balaban J connectivity index is 1.98. The van der Waals surface area contributed by atoms with Crippen LogP contribution in [0, 0.1) is 5.92 Å². The van der Waals surface area contributed by atoms with Crippen molar-refractivity contribution in [2.75, 3.05) is 26.2 Å². The Morgan fingerprint density at radius 1 is 1.14 bits per heavy atom. The molecule has 0 aliphatic carbocycles. The van der Waals surface area contributed by atoms with Crippen LogP contribution in [0.3, 0.4) is 0 Å². The van der Waals surface area contributed by atoms with Gasteiger partial charge in [0.1, 0.15) is 0 Å². The monoisotopic (exact) mass is 303 g/mol. The number of carbonyl (C=O) groups is 2. The second kappa shape index (κ2) is 7.92. The van der Waals surface area contributed by atoms with Crippen LogP contribution in [0.25, 0.3) is 0 Å². The highest BCUT2D eigenvalue weighted by Crippen LogP contribution is 2.15. The van der Waals surface area contributed by atoms with E-state index in [-0.39, 0.29) is 17.7 Å². The molecule has 0 aromatic carbocycles. The van der Waals surface area contributed by atoms with Gasteiger partial charge < -0.3 is 9.80 Å². The van der Waals surface area contributed by atoms with E-state index in [0.717, 1.165) is 25.8 Å². The Hall–Kier alpha value is -1.91. The Kier molecular flexibility index (Phi) is 5.92. The zero-order valence-electron chi connectivity index (χ0n) is 13.5. The summed E-state index contributed by atoms with van der Waals surface area (Å²) in [4.78, 5) is 32.7. The summed E-state index contributed by atoms with van der Waals surface area (Å²) in [7, 11) is 0. The van der Waals surface area contributed by atoms with E-state index in [4.69, 9.17) is 0 Å². The Bertz CT molecular complexity index is 500. The summed E-state index contributed by atoms with van der Waals surface area (Å²) in [5, 5.41) is 0. The van der Waals surface area contributed by atoms with Crippen molar-refractivity contribution in [1.29, 1.82) is 0 Å². The van der Waals surface area contributed by atoms with Crippen LogP contribution in [0.1, 0.15) is 43.5 Å². The van der Waals surface area contributed by atoms with Crippen LogP contribution in [-0.4, -0.2) is 52.8 Å². The highest BCUT2D eigenvalue weighted by molar-refractivity contribution is 5.94. The molecule has 1 aliphatic heterocycles. The fourth-order valence-corrected chi connectivity index (χ4v) is 2.91. The number of hydrogen-bond acceptors (Lipinski definition) is 3. The summed E-state index contributed by atoms with van der Waals surface area (Å²) >= 11 is 0. The summed E-state index contributed by atoms with van der Waals surface area (Å²) in [6, 6.07) is 3.56. The zero-order valence-corrected chi connectivity index (χ0v) is 13.5. The summed E-state index contributed by atoms with van der Waals surface area (Å²) < 4.78 is 0. The summed E-state index contributed by atoms with van der Waals surface area (Å²) in [6.45, 7) is 6.78. The number of amides is 2. The molecule has 2 heterocycles. The standard InChI is InChI=1S/C17H25N3O2/c1-3-14(4-2)16(21)19-9-6-10-20(12-11-19)17(22)15-7-5-8-18-13-15/h5,7-8,13-14H,3-4,6,9-12H2,1-2H3. The summed E-state index contributed by atoms with van der Waals surface area (Å²) in [5.41, 5.74) is 0.613. The van der Waals surface area contributed by atoms with Crippen molar-refractivity contribution in [1.82, 2.24) is 14.8 Å². The van der Waals surface area contributed by atoms with Crippen molar-refractivity contribution in [2.24, 2.45) is 5.92 Å². The Morgan fingerprint density at radius 2 is 1.82 bits per heavy atom. The largest absolute Gasteiger partial charge is 0.341 e. The van der Waals surface area contributed by atoms with Crippen molar-refractivity contribution < 1.29 is 9.59 Å². The van der Waals surface area contributed by atoms with E-state index in [1.165, 1.54) is 0 Å². The molecule has 22 heavy (non-hydrogen) atoms. The first-order valence-corrected chi connectivity index (χ1v) is 8.15. The van der Waals surface area contributed by atoms with Gasteiger partial charge in [0.05, 0.1) is 5.56 Å². The van der Waals surface area contributed by atoms with E-state index in [1.54, 1.807) is 24.5 Å². The highest BCUT2D eigenvalue weighted by Gasteiger charge is 2.25. The van der Waals surface area contributed by atoms with Crippen LogP contribution in [0.4, 0.5) is 0 Å². The lowest BCUT2D eigenvalue weighted by molar-refractivity contribution is -0.135. The molecule has 1 fully saturated rings. The van der Waals surface area contributed by atoms with Crippen LogP contribution >= 0.6 is 0 Å². The molecule has 2 amide bonds. The van der Waals surface area contributed by atoms with Gasteiger partial charge in [-0.05, 0) is 31.4 Å². The van der Waals surface area contributed by atoms with Gasteiger partial charge in [-0.1, -0.05) is 13.8 Å². The van der Waals surface area contributed by atoms with Gasteiger partial charge in [-0.15, -0.1) is 0 Å². The molecule has 0 atom stereocenters. The van der Waals surface area contributed by atoms with Crippen LogP contribution in [0.5, 0.6) is 0 Å². The van der Waals surface area contributed by atoms with Crippen molar-refractivity contribution >= 4 is 11.8 Å². The average Bonchev–Trinajstić information content (AvgIpc) is 2.82. The molecule has 1 aromatic heterocycles. The van der Waals surface area contributed by atoms with Gasteiger partial charge in [-0.3, -0.25) is 14.6 Å². The van der Waals surface area contributed by atoms with Crippen LogP contribution in [0.2, 0.25) is 0 Å². The molecular formula is C17H25N3O2.